The van der Waals surface area contributed by atoms with Crippen LogP contribution in [0.3, 0.4) is 0 Å². The van der Waals surface area contributed by atoms with Crippen LogP contribution in [-0.2, 0) is 14.3 Å². The Morgan fingerprint density at radius 1 is 1.70 bits per heavy atom. The Balaban J connectivity index is 2.58. The Kier molecular flexibility index (Phi) is 2.53. The van der Waals surface area contributed by atoms with Crippen LogP contribution in [0.15, 0.2) is 11.5 Å². The first-order chi connectivity index (χ1) is 4.77. The second-order valence-corrected chi connectivity index (χ2v) is 2.62. The van der Waals surface area contributed by atoms with Crippen LogP contribution in [0.5, 0.6) is 0 Å². The van der Waals surface area contributed by atoms with Crippen LogP contribution in [0.25, 0.3) is 0 Å². The minimum absolute atomic E-state index is 0.642. The third-order valence-corrected chi connectivity index (χ3v) is 1.87. The molecule has 1 heterocycles. The zero-order valence-corrected chi connectivity index (χ0v) is 7.62. The Labute approximate surface area is 72.5 Å². The summed E-state index contributed by atoms with van der Waals surface area (Å²) in [4.78, 5) is 10.1. The molecule has 1 rings (SSSR count). The molecular weight excluding hydrogens is 247 g/mol. The van der Waals surface area contributed by atoms with Crippen molar-refractivity contribution in [1.82, 2.24) is 0 Å². The molecule has 0 aromatic rings. The van der Waals surface area contributed by atoms with E-state index in [2.05, 4.69) is 22.6 Å². The number of rotatable bonds is 2. The second kappa shape index (κ2) is 3.23. The fourth-order valence-corrected chi connectivity index (χ4v) is 1.39. The Bertz CT molecular complexity index is 176. The van der Waals surface area contributed by atoms with Gasteiger partial charge < -0.3 is 9.47 Å². The van der Waals surface area contributed by atoms with Crippen LogP contribution < -0.4 is 0 Å². The summed E-state index contributed by atoms with van der Waals surface area (Å²) < 4.78 is 10.8. The number of ether oxygens (including phenoxy) is 2. The van der Waals surface area contributed by atoms with Crippen LogP contribution in [0.4, 0.5) is 0 Å². The summed E-state index contributed by atoms with van der Waals surface area (Å²) in [6.07, 6.45) is -0.0623. The molecule has 10 heavy (non-hydrogen) atoms. The Morgan fingerprint density at radius 3 is 2.70 bits per heavy atom. The lowest BCUT2D eigenvalue weighted by Crippen LogP contribution is -2.09. The average molecular weight is 254 g/mol. The number of aldehydes is 1. The van der Waals surface area contributed by atoms with Crippen LogP contribution in [-0.4, -0.2) is 17.0 Å². The maximum Gasteiger partial charge on any atom is 0.297 e. The number of carbonyl (C=O) groups is 1. The average Bonchev–Trinajstić information content (AvgIpc) is 2.30. The van der Waals surface area contributed by atoms with E-state index in [1.165, 1.54) is 0 Å². The van der Waals surface area contributed by atoms with Crippen molar-refractivity contribution in [3.05, 3.63) is 11.5 Å². The predicted molar refractivity (Wildman–Crippen MR) is 43.6 cm³/mol. The topological polar surface area (TPSA) is 35.5 Å². The molecule has 0 saturated carbocycles. The minimum atomic E-state index is -0.704. The van der Waals surface area contributed by atoms with Crippen molar-refractivity contribution in [3.8, 4) is 0 Å². The van der Waals surface area contributed by atoms with Gasteiger partial charge in [0.25, 0.3) is 6.29 Å². The first kappa shape index (κ1) is 7.84. The molecule has 0 bridgehead atoms. The highest BCUT2D eigenvalue weighted by Gasteiger charge is 2.22. The Morgan fingerprint density at radius 2 is 2.40 bits per heavy atom. The molecule has 0 aliphatic carbocycles. The molecular formula is C6H7IO3. The zero-order valence-electron chi connectivity index (χ0n) is 5.46. The summed E-state index contributed by atoms with van der Waals surface area (Å²) in [7, 11) is 0. The van der Waals surface area contributed by atoms with Gasteiger partial charge in [-0.3, -0.25) is 4.79 Å². The SMILES string of the molecule is CC1=C(CI)OC(C=O)O1. The van der Waals surface area contributed by atoms with E-state index in [9.17, 15) is 4.79 Å². The van der Waals surface area contributed by atoms with Crippen molar-refractivity contribution in [2.75, 3.05) is 4.43 Å². The van der Waals surface area contributed by atoms with E-state index in [4.69, 9.17) is 9.47 Å². The molecule has 4 heteroatoms. The van der Waals surface area contributed by atoms with Crippen molar-refractivity contribution in [3.63, 3.8) is 0 Å². The second-order valence-electron chi connectivity index (χ2n) is 1.85. The van der Waals surface area contributed by atoms with Gasteiger partial charge in [-0.1, -0.05) is 22.6 Å². The lowest BCUT2D eigenvalue weighted by molar-refractivity contribution is -0.130. The van der Waals surface area contributed by atoms with Gasteiger partial charge in [0.2, 0.25) is 6.29 Å². The molecule has 1 unspecified atom stereocenters. The Hall–Kier alpha value is -0.260. The summed E-state index contributed by atoms with van der Waals surface area (Å²) in [5.74, 6) is 1.48. The maximum atomic E-state index is 10.1. The van der Waals surface area contributed by atoms with E-state index in [1.807, 2.05) is 0 Å². The number of allylic oxidation sites excluding steroid dienone is 2. The summed E-state index contributed by atoms with van der Waals surface area (Å²) in [6.45, 7) is 1.79. The molecule has 1 atom stereocenters. The summed E-state index contributed by atoms with van der Waals surface area (Å²) in [6, 6.07) is 0. The highest BCUT2D eigenvalue weighted by molar-refractivity contribution is 14.1. The fraction of sp³-hybridized carbons (Fsp3) is 0.500. The first-order valence-electron chi connectivity index (χ1n) is 2.82. The summed E-state index contributed by atoms with van der Waals surface area (Å²) in [5, 5.41) is 0. The molecule has 0 fully saturated rings. The standard InChI is InChI=1S/C6H7IO3/c1-4-5(2-7)10-6(3-8)9-4/h3,6H,2H2,1H3. The molecule has 0 N–H and O–H groups in total. The van der Waals surface area contributed by atoms with Crippen molar-refractivity contribution < 1.29 is 14.3 Å². The predicted octanol–water partition coefficient (Wildman–Crippen LogP) is 1.22. The molecule has 0 amide bonds. The molecule has 0 spiro atoms. The van der Waals surface area contributed by atoms with Gasteiger partial charge in [-0.15, -0.1) is 0 Å². The normalized spacial score (nSPS) is 24.0. The van der Waals surface area contributed by atoms with Crippen molar-refractivity contribution >= 4 is 28.9 Å². The summed E-state index contributed by atoms with van der Waals surface area (Å²) in [5.41, 5.74) is 0. The largest absolute Gasteiger partial charge is 0.449 e. The van der Waals surface area contributed by atoms with Crippen LogP contribution in [0.2, 0.25) is 0 Å². The van der Waals surface area contributed by atoms with Gasteiger partial charge in [-0.05, 0) is 6.92 Å². The molecule has 1 aliphatic heterocycles. The molecule has 0 aromatic heterocycles. The van der Waals surface area contributed by atoms with E-state index < -0.39 is 6.29 Å². The van der Waals surface area contributed by atoms with Crippen molar-refractivity contribution in [2.45, 2.75) is 13.2 Å². The van der Waals surface area contributed by atoms with Gasteiger partial charge in [-0.25, -0.2) is 0 Å². The van der Waals surface area contributed by atoms with Gasteiger partial charge in [-0.2, -0.15) is 0 Å². The maximum absolute atomic E-state index is 10.1. The number of hydrogen-bond acceptors (Lipinski definition) is 3. The third-order valence-electron chi connectivity index (χ3n) is 1.18. The fourth-order valence-electron chi connectivity index (χ4n) is 0.668. The number of carbonyl (C=O) groups excluding carboxylic acids is 1. The highest BCUT2D eigenvalue weighted by atomic mass is 127. The van der Waals surface area contributed by atoms with Crippen molar-refractivity contribution in [1.29, 1.82) is 0 Å². The van der Waals surface area contributed by atoms with Gasteiger partial charge in [0.05, 0.1) is 4.43 Å². The van der Waals surface area contributed by atoms with Crippen LogP contribution >= 0.6 is 22.6 Å². The van der Waals surface area contributed by atoms with Crippen LogP contribution in [0.1, 0.15) is 6.92 Å². The molecule has 1 aliphatic rings. The van der Waals surface area contributed by atoms with Gasteiger partial charge in [0.1, 0.15) is 11.5 Å². The van der Waals surface area contributed by atoms with Crippen LogP contribution in [0, 0.1) is 0 Å². The lowest BCUT2D eigenvalue weighted by Gasteiger charge is -2.01. The molecule has 0 radical (unpaired) electrons. The molecule has 0 saturated heterocycles. The minimum Gasteiger partial charge on any atom is -0.449 e. The monoisotopic (exact) mass is 254 g/mol. The molecule has 3 nitrogen and oxygen atoms in total. The number of alkyl halides is 1. The third kappa shape index (κ3) is 1.42. The van der Waals surface area contributed by atoms with E-state index in [0.717, 1.165) is 10.2 Å². The van der Waals surface area contributed by atoms with E-state index in [-0.39, 0.29) is 0 Å². The van der Waals surface area contributed by atoms with Gasteiger partial charge >= 0.3 is 0 Å². The van der Waals surface area contributed by atoms with E-state index in [1.54, 1.807) is 6.92 Å². The number of halogens is 1. The zero-order chi connectivity index (χ0) is 7.56. The smallest absolute Gasteiger partial charge is 0.297 e. The van der Waals surface area contributed by atoms with E-state index >= 15 is 0 Å². The van der Waals surface area contributed by atoms with Crippen molar-refractivity contribution in [2.24, 2.45) is 0 Å². The summed E-state index contributed by atoms with van der Waals surface area (Å²) >= 11 is 2.15. The molecule has 0 aromatic carbocycles. The number of hydrogen-bond donors (Lipinski definition) is 0. The quantitative estimate of drug-likeness (QED) is 0.422. The van der Waals surface area contributed by atoms with Gasteiger partial charge in [0.15, 0.2) is 0 Å². The lowest BCUT2D eigenvalue weighted by atomic mass is 10.5. The first-order valence-corrected chi connectivity index (χ1v) is 4.35. The van der Waals surface area contributed by atoms with E-state index in [0.29, 0.717) is 12.0 Å². The highest BCUT2D eigenvalue weighted by Crippen LogP contribution is 2.21. The van der Waals surface area contributed by atoms with Gasteiger partial charge in [0, 0.05) is 0 Å². The molecule has 56 valence electrons.